The number of piperazine rings is 1. The molecule has 0 unspecified atom stereocenters. The fraction of sp³-hybridized carbons (Fsp3) is 0.381. The first-order chi connectivity index (χ1) is 13.1. The van der Waals surface area contributed by atoms with E-state index in [1.54, 1.807) is 19.2 Å². The van der Waals surface area contributed by atoms with Crippen molar-refractivity contribution < 1.29 is 19.5 Å². The number of phenolic OH excluding ortho intramolecular Hbond substituents is 1. The first-order valence-electron chi connectivity index (χ1n) is 9.41. The van der Waals surface area contributed by atoms with Crippen molar-refractivity contribution in [1.29, 1.82) is 0 Å². The van der Waals surface area contributed by atoms with E-state index in [4.69, 9.17) is 4.74 Å². The van der Waals surface area contributed by atoms with Gasteiger partial charge < -0.3 is 25.0 Å². The number of amides is 1. The van der Waals surface area contributed by atoms with Gasteiger partial charge in [0, 0.05) is 12.2 Å². The number of rotatable bonds is 7. The van der Waals surface area contributed by atoms with E-state index in [-0.39, 0.29) is 11.7 Å². The molecule has 2 aromatic rings. The zero-order valence-corrected chi connectivity index (χ0v) is 15.8. The number of carbonyl (C=O) groups is 1. The zero-order chi connectivity index (χ0) is 19.1. The second-order valence-electron chi connectivity index (χ2n) is 6.88. The maximum atomic E-state index is 12.2. The van der Waals surface area contributed by atoms with Gasteiger partial charge in [0.25, 0.3) is 5.91 Å². The number of phenols is 1. The van der Waals surface area contributed by atoms with Crippen molar-refractivity contribution in [1.82, 2.24) is 5.32 Å². The van der Waals surface area contributed by atoms with Crippen molar-refractivity contribution in [3.8, 4) is 11.5 Å². The van der Waals surface area contributed by atoms with E-state index in [1.807, 2.05) is 36.4 Å². The largest absolute Gasteiger partial charge is 0.508 e. The van der Waals surface area contributed by atoms with Gasteiger partial charge in [-0.25, -0.2) is 0 Å². The summed E-state index contributed by atoms with van der Waals surface area (Å²) in [7, 11) is 1.65. The van der Waals surface area contributed by atoms with Crippen LogP contribution in [-0.4, -0.2) is 57.4 Å². The highest BCUT2D eigenvalue weighted by atomic mass is 16.5. The molecule has 1 aliphatic heterocycles. The smallest absolute Gasteiger partial charge is 0.275 e. The molecule has 144 valence electrons. The third-order valence-electron chi connectivity index (χ3n) is 4.99. The second-order valence-corrected chi connectivity index (χ2v) is 6.88. The molecule has 0 aromatic heterocycles. The average molecular weight is 370 g/mol. The van der Waals surface area contributed by atoms with Crippen molar-refractivity contribution in [3.63, 3.8) is 0 Å². The summed E-state index contributed by atoms with van der Waals surface area (Å²) in [5.41, 5.74) is 2.31. The lowest BCUT2D eigenvalue weighted by Crippen LogP contribution is -3.16. The Hall–Kier alpha value is -2.73. The Morgan fingerprint density at radius 3 is 2.41 bits per heavy atom. The van der Waals surface area contributed by atoms with Crippen LogP contribution in [0.15, 0.2) is 48.5 Å². The van der Waals surface area contributed by atoms with Gasteiger partial charge in [-0.3, -0.25) is 4.79 Å². The van der Waals surface area contributed by atoms with Crippen molar-refractivity contribution in [2.75, 3.05) is 51.3 Å². The number of anilines is 1. The molecule has 2 aromatic carbocycles. The normalized spacial score (nSPS) is 14.8. The molecule has 0 spiro atoms. The van der Waals surface area contributed by atoms with Gasteiger partial charge in [0.2, 0.25) is 0 Å². The van der Waals surface area contributed by atoms with Crippen molar-refractivity contribution in [2.24, 2.45) is 0 Å². The van der Waals surface area contributed by atoms with E-state index in [1.165, 1.54) is 10.5 Å². The molecule has 1 heterocycles. The Morgan fingerprint density at radius 2 is 1.78 bits per heavy atom. The number of carbonyl (C=O) groups excluding carboxylic acids is 1. The summed E-state index contributed by atoms with van der Waals surface area (Å²) in [6, 6.07) is 15.2. The van der Waals surface area contributed by atoms with E-state index >= 15 is 0 Å². The molecular weight excluding hydrogens is 342 g/mol. The minimum absolute atomic E-state index is 0.108. The van der Waals surface area contributed by atoms with Crippen molar-refractivity contribution in [2.45, 2.75) is 6.42 Å². The lowest BCUT2D eigenvalue weighted by molar-refractivity contribution is -0.892. The summed E-state index contributed by atoms with van der Waals surface area (Å²) < 4.78 is 5.15. The van der Waals surface area contributed by atoms with Crippen molar-refractivity contribution in [3.05, 3.63) is 54.1 Å². The minimum atomic E-state index is 0.108. The van der Waals surface area contributed by atoms with Crippen LogP contribution in [0.2, 0.25) is 0 Å². The summed E-state index contributed by atoms with van der Waals surface area (Å²) in [4.78, 5) is 15.8. The minimum Gasteiger partial charge on any atom is -0.508 e. The molecule has 1 fully saturated rings. The monoisotopic (exact) mass is 370 g/mol. The van der Waals surface area contributed by atoms with Gasteiger partial charge in [-0.15, -0.1) is 0 Å². The fourth-order valence-corrected chi connectivity index (χ4v) is 3.35. The molecule has 0 radical (unpaired) electrons. The third-order valence-corrected chi connectivity index (χ3v) is 4.99. The van der Waals surface area contributed by atoms with Crippen molar-refractivity contribution >= 4 is 11.6 Å². The fourth-order valence-electron chi connectivity index (χ4n) is 3.35. The van der Waals surface area contributed by atoms with Gasteiger partial charge in [0.15, 0.2) is 6.54 Å². The average Bonchev–Trinajstić information content (AvgIpc) is 2.70. The molecule has 3 N–H and O–H groups in total. The van der Waals surface area contributed by atoms with Crippen LogP contribution >= 0.6 is 0 Å². The number of nitrogens with zero attached hydrogens (tertiary/aromatic N) is 1. The molecule has 0 atom stereocenters. The Kier molecular flexibility index (Phi) is 6.54. The molecule has 1 aliphatic rings. The van der Waals surface area contributed by atoms with E-state index in [0.717, 1.165) is 44.0 Å². The van der Waals surface area contributed by atoms with Gasteiger partial charge in [-0.1, -0.05) is 12.1 Å². The maximum Gasteiger partial charge on any atom is 0.275 e. The predicted molar refractivity (Wildman–Crippen MR) is 106 cm³/mol. The number of quaternary nitrogens is 1. The van der Waals surface area contributed by atoms with Crippen LogP contribution in [0.3, 0.4) is 0 Å². The number of hydrogen-bond acceptors (Lipinski definition) is 4. The van der Waals surface area contributed by atoms with Crippen LogP contribution in [0.5, 0.6) is 11.5 Å². The number of ether oxygens (including phenoxy) is 1. The number of methoxy groups -OCH3 is 1. The lowest BCUT2D eigenvalue weighted by atomic mass is 10.1. The van der Waals surface area contributed by atoms with Crippen LogP contribution in [0.4, 0.5) is 5.69 Å². The number of nitrogens with one attached hydrogen (secondary N) is 2. The zero-order valence-electron chi connectivity index (χ0n) is 15.8. The first kappa shape index (κ1) is 19.0. The summed E-state index contributed by atoms with van der Waals surface area (Å²) in [5, 5.41) is 12.4. The molecule has 27 heavy (non-hydrogen) atoms. The second kappa shape index (κ2) is 9.28. The van der Waals surface area contributed by atoms with E-state index in [9.17, 15) is 9.90 Å². The van der Waals surface area contributed by atoms with Gasteiger partial charge >= 0.3 is 0 Å². The summed E-state index contributed by atoms with van der Waals surface area (Å²) >= 11 is 0. The summed E-state index contributed by atoms with van der Waals surface area (Å²) in [5.74, 6) is 1.24. The highest BCUT2D eigenvalue weighted by Gasteiger charge is 2.22. The number of hydrogen-bond donors (Lipinski definition) is 3. The SMILES string of the molecule is COc1ccc(CCNC(=O)C[NH+]2CCN(c3ccc(O)cc3)CC2)cc1. The molecule has 6 heteroatoms. The van der Waals surface area contributed by atoms with Crippen LogP contribution in [0.1, 0.15) is 5.56 Å². The van der Waals surface area contributed by atoms with Crippen LogP contribution < -0.4 is 19.9 Å². The molecule has 3 rings (SSSR count). The number of aromatic hydroxyl groups is 1. The lowest BCUT2D eigenvalue weighted by Gasteiger charge is -2.33. The third kappa shape index (κ3) is 5.62. The van der Waals surface area contributed by atoms with Gasteiger partial charge in [-0.2, -0.15) is 0 Å². The maximum absolute atomic E-state index is 12.2. The van der Waals surface area contributed by atoms with E-state index in [0.29, 0.717) is 13.1 Å². The quantitative estimate of drug-likeness (QED) is 0.663. The first-order valence-corrected chi connectivity index (χ1v) is 9.41. The van der Waals surface area contributed by atoms with E-state index in [2.05, 4.69) is 10.2 Å². The van der Waals surface area contributed by atoms with Crippen LogP contribution in [0.25, 0.3) is 0 Å². The highest BCUT2D eigenvalue weighted by molar-refractivity contribution is 5.76. The van der Waals surface area contributed by atoms with Crippen LogP contribution in [0, 0.1) is 0 Å². The van der Waals surface area contributed by atoms with E-state index < -0.39 is 0 Å². The molecule has 1 amide bonds. The molecule has 0 bridgehead atoms. The number of benzene rings is 2. The molecule has 6 nitrogen and oxygen atoms in total. The topological polar surface area (TPSA) is 66.2 Å². The van der Waals surface area contributed by atoms with Gasteiger partial charge in [0.1, 0.15) is 11.5 Å². The van der Waals surface area contributed by atoms with Gasteiger partial charge in [0.05, 0.1) is 33.3 Å². The molecule has 1 saturated heterocycles. The molecule has 0 aliphatic carbocycles. The Labute approximate surface area is 160 Å². The predicted octanol–water partition coefficient (Wildman–Crippen LogP) is 0.465. The molecule has 0 saturated carbocycles. The highest BCUT2D eigenvalue weighted by Crippen LogP contribution is 2.18. The standard InChI is InChI=1S/C21H27N3O3/c1-27-20-8-2-17(3-9-20)10-11-22-21(26)16-23-12-14-24(15-13-23)18-4-6-19(25)7-5-18/h2-9,25H,10-16H2,1H3,(H,22,26)/p+1. The molecular formula is C21H28N3O3+. The van der Waals surface area contributed by atoms with Crippen LogP contribution in [-0.2, 0) is 11.2 Å². The summed E-state index contributed by atoms with van der Waals surface area (Å²) in [6.45, 7) is 4.88. The Morgan fingerprint density at radius 1 is 1.11 bits per heavy atom. The Balaban J connectivity index is 1.35. The summed E-state index contributed by atoms with van der Waals surface area (Å²) in [6.07, 6.45) is 0.819. The van der Waals surface area contributed by atoms with Gasteiger partial charge in [-0.05, 0) is 48.4 Å². The Bertz CT molecular complexity index is 723.